The summed E-state index contributed by atoms with van der Waals surface area (Å²) in [6.07, 6.45) is -0.584. The van der Waals surface area contributed by atoms with Crippen LogP contribution in [0.2, 0.25) is 0 Å². The van der Waals surface area contributed by atoms with Crippen molar-refractivity contribution in [2.75, 3.05) is 13.2 Å². The number of hydrogen-bond acceptors (Lipinski definition) is 9. The van der Waals surface area contributed by atoms with E-state index in [1.54, 1.807) is 0 Å². The van der Waals surface area contributed by atoms with Gasteiger partial charge in [-0.1, -0.05) is 18.4 Å². The van der Waals surface area contributed by atoms with E-state index >= 15 is 0 Å². The fraction of sp³-hybridized carbons (Fsp3) is 0.706. The summed E-state index contributed by atoms with van der Waals surface area (Å²) in [4.78, 5) is 25.6. The zero-order valence-electron chi connectivity index (χ0n) is 16.9. The highest BCUT2D eigenvalue weighted by molar-refractivity contribution is 7.71. The van der Waals surface area contributed by atoms with Gasteiger partial charge in [-0.15, -0.1) is 4.52 Å². The number of aliphatic hydroxyl groups excluding tert-OH is 1. The van der Waals surface area contributed by atoms with E-state index in [-0.39, 0.29) is 18.0 Å². The van der Waals surface area contributed by atoms with Gasteiger partial charge in [0.1, 0.15) is 30.5 Å². The van der Waals surface area contributed by atoms with Crippen molar-refractivity contribution >= 4 is 26.4 Å². The molecule has 0 spiro atoms. The van der Waals surface area contributed by atoms with Crippen LogP contribution in [-0.4, -0.2) is 62.8 Å². The van der Waals surface area contributed by atoms with E-state index in [4.69, 9.17) is 26.2 Å². The molecule has 2 rings (SSSR count). The summed E-state index contributed by atoms with van der Waals surface area (Å²) in [7, 11) is -2.46. The maximum atomic E-state index is 12.1. The number of carbonyl (C=O) groups is 1. The van der Waals surface area contributed by atoms with Crippen LogP contribution in [-0.2, 0) is 23.4 Å². The third-order valence-corrected chi connectivity index (χ3v) is 5.90. The molecule has 0 bridgehead atoms. The van der Waals surface area contributed by atoms with Crippen molar-refractivity contribution < 1.29 is 33.6 Å². The van der Waals surface area contributed by atoms with E-state index < -0.39 is 49.8 Å². The molecule has 6 atom stereocenters. The van der Waals surface area contributed by atoms with Crippen LogP contribution in [0.25, 0.3) is 0 Å². The molecule has 0 saturated carbocycles. The fourth-order valence-corrected chi connectivity index (χ4v) is 3.86. The molecule has 4 N–H and O–H groups in total. The average molecular weight is 464 g/mol. The van der Waals surface area contributed by atoms with Gasteiger partial charge >= 0.3 is 14.1 Å². The molecule has 1 fully saturated rings. The Morgan fingerprint density at radius 3 is 2.90 bits per heavy atom. The Balaban J connectivity index is 1.94. The Hall–Kier alpha value is -1.53. The number of aromatic nitrogens is 2. The predicted molar refractivity (Wildman–Crippen MR) is 108 cm³/mol. The fourth-order valence-electron chi connectivity index (χ4n) is 2.82. The number of carbonyl (C=O) groups excluding carboxylic acids is 1. The molecule has 1 aromatic rings. The number of ether oxygens (including phenoxy) is 2. The number of H-pyrrole nitrogens is 1. The van der Waals surface area contributed by atoms with Crippen molar-refractivity contribution in [2.45, 2.75) is 63.7 Å². The Morgan fingerprint density at radius 2 is 2.27 bits per heavy atom. The first-order valence-corrected chi connectivity index (χ1v) is 11.1. The van der Waals surface area contributed by atoms with Crippen molar-refractivity contribution in [3.8, 4) is 0 Å². The highest BCUT2D eigenvalue weighted by Crippen LogP contribution is 2.39. The predicted octanol–water partition coefficient (Wildman–Crippen LogP) is 0.911. The highest BCUT2D eigenvalue weighted by atomic mass is 32.1. The lowest BCUT2D eigenvalue weighted by atomic mass is 9.96. The number of unbranched alkanes of at least 4 members (excludes halogenated alkanes) is 1. The smallest absolute Gasteiger partial charge is 0.464 e. The Morgan fingerprint density at radius 1 is 1.57 bits per heavy atom. The van der Waals surface area contributed by atoms with Crippen LogP contribution >= 0.6 is 20.4 Å². The number of esters is 1. The summed E-state index contributed by atoms with van der Waals surface area (Å²) >= 11 is 5.07. The maximum absolute atomic E-state index is 12.1. The number of nitrogens with one attached hydrogen (secondary N) is 2. The summed E-state index contributed by atoms with van der Waals surface area (Å²) < 4.78 is 29.3. The molecule has 13 heteroatoms. The molecule has 1 saturated heterocycles. The minimum atomic E-state index is -2.46. The van der Waals surface area contributed by atoms with Gasteiger partial charge in [0.15, 0.2) is 11.0 Å². The van der Waals surface area contributed by atoms with Crippen LogP contribution in [0.1, 0.15) is 39.8 Å². The van der Waals surface area contributed by atoms with Crippen molar-refractivity contribution in [3.63, 3.8) is 0 Å². The number of nitrogens with zero attached hydrogens (tertiary/aromatic N) is 1. The second-order valence-corrected chi connectivity index (χ2v) is 8.56. The molecule has 1 aliphatic heterocycles. The van der Waals surface area contributed by atoms with Gasteiger partial charge in [-0.05, 0) is 37.1 Å². The van der Waals surface area contributed by atoms with Crippen molar-refractivity contribution in [1.82, 2.24) is 14.6 Å². The van der Waals surface area contributed by atoms with Gasteiger partial charge in [-0.25, -0.2) is 0 Å². The SMILES string of the molecule is CCCCOC(=O)[C@H](C)N[P+](=O)OC[C@H]1O[C@@H](n2ccc(=O)[nH]c2=S)[C@](C)(O)C1O. The van der Waals surface area contributed by atoms with Gasteiger partial charge in [-0.3, -0.25) is 19.1 Å². The van der Waals surface area contributed by atoms with Gasteiger partial charge in [0, 0.05) is 12.3 Å². The van der Waals surface area contributed by atoms with Crippen LogP contribution in [0.4, 0.5) is 0 Å². The third kappa shape index (κ3) is 6.01. The van der Waals surface area contributed by atoms with Gasteiger partial charge in [-0.2, -0.15) is 0 Å². The standard InChI is InChI=1S/C17H26N3O8PS/c1-4-5-8-26-14(23)10(2)19-29(25)27-9-11-13(22)17(3,24)15(28-11)20-7-6-12(21)18-16(20)30/h6-7,10-11,13,15,22,24H,4-5,8-9H2,1-3H3,(H-,18,19,21,25,30)/p+1/t10-,11+,13?,15+,17+/m0/s1. The van der Waals surface area contributed by atoms with Gasteiger partial charge in [0.2, 0.25) is 0 Å². The molecule has 2 heterocycles. The first kappa shape index (κ1) is 24.7. The second kappa shape index (κ2) is 10.7. The van der Waals surface area contributed by atoms with Crippen molar-refractivity contribution in [3.05, 3.63) is 27.4 Å². The summed E-state index contributed by atoms with van der Waals surface area (Å²) in [5.41, 5.74) is -2.18. The lowest BCUT2D eigenvalue weighted by Crippen LogP contribution is -2.44. The topological polar surface area (TPSA) is 152 Å². The van der Waals surface area contributed by atoms with Gasteiger partial charge < -0.3 is 19.7 Å². The normalized spacial score (nSPS) is 27.6. The zero-order chi connectivity index (χ0) is 22.5. The molecule has 0 aliphatic carbocycles. The number of aromatic amines is 1. The van der Waals surface area contributed by atoms with Gasteiger partial charge in [0.25, 0.3) is 5.56 Å². The molecule has 0 aromatic carbocycles. The first-order valence-electron chi connectivity index (χ1n) is 9.48. The average Bonchev–Trinajstić information content (AvgIpc) is 2.90. The highest BCUT2D eigenvalue weighted by Gasteiger charge is 2.54. The van der Waals surface area contributed by atoms with Gasteiger partial charge in [0.05, 0.1) is 6.61 Å². The minimum Gasteiger partial charge on any atom is -0.464 e. The molecule has 168 valence electrons. The molecule has 1 aliphatic rings. The van der Waals surface area contributed by atoms with Crippen molar-refractivity contribution in [1.29, 1.82) is 0 Å². The number of aliphatic hydroxyl groups is 2. The quantitative estimate of drug-likeness (QED) is 0.170. The Kier molecular flexibility index (Phi) is 8.80. The molecule has 0 radical (unpaired) electrons. The molecular weight excluding hydrogens is 437 g/mol. The summed E-state index contributed by atoms with van der Waals surface area (Å²) in [5, 5.41) is 23.6. The number of rotatable bonds is 10. The summed E-state index contributed by atoms with van der Waals surface area (Å²) in [5.74, 6) is -0.553. The Labute approximate surface area is 179 Å². The number of hydrogen-bond donors (Lipinski definition) is 4. The first-order chi connectivity index (χ1) is 14.1. The monoisotopic (exact) mass is 464 g/mol. The molecule has 0 amide bonds. The van der Waals surface area contributed by atoms with Crippen molar-refractivity contribution in [2.24, 2.45) is 0 Å². The molecule has 30 heavy (non-hydrogen) atoms. The molecular formula is C17H27N3O8PS+. The summed E-state index contributed by atoms with van der Waals surface area (Å²) in [6.45, 7) is 4.76. The van der Waals surface area contributed by atoms with E-state index in [0.717, 1.165) is 12.8 Å². The lowest BCUT2D eigenvalue weighted by molar-refractivity contribution is -0.145. The van der Waals surface area contributed by atoms with E-state index in [1.165, 1.54) is 30.7 Å². The molecule has 2 unspecified atom stereocenters. The molecule has 1 aromatic heterocycles. The van der Waals surface area contributed by atoms with E-state index in [2.05, 4.69) is 10.1 Å². The van der Waals surface area contributed by atoms with Crippen LogP contribution < -0.4 is 10.6 Å². The summed E-state index contributed by atoms with van der Waals surface area (Å²) in [6, 6.07) is 0.350. The third-order valence-electron chi connectivity index (χ3n) is 4.61. The molecule has 11 nitrogen and oxygen atoms in total. The van der Waals surface area contributed by atoms with E-state index in [9.17, 15) is 24.4 Å². The Bertz CT molecular complexity index is 873. The van der Waals surface area contributed by atoms with Crippen LogP contribution in [0.15, 0.2) is 17.1 Å². The van der Waals surface area contributed by atoms with E-state index in [1.807, 2.05) is 6.92 Å². The minimum absolute atomic E-state index is 0.00435. The largest absolute Gasteiger partial charge is 0.613 e. The van der Waals surface area contributed by atoms with Crippen LogP contribution in [0.3, 0.4) is 0 Å². The van der Waals surface area contributed by atoms with Crippen LogP contribution in [0.5, 0.6) is 0 Å². The second-order valence-electron chi connectivity index (χ2n) is 7.14. The van der Waals surface area contributed by atoms with Crippen LogP contribution in [0, 0.1) is 4.77 Å². The maximum Gasteiger partial charge on any atom is 0.613 e. The lowest BCUT2D eigenvalue weighted by Gasteiger charge is -2.27. The zero-order valence-corrected chi connectivity index (χ0v) is 18.7. The van der Waals surface area contributed by atoms with E-state index in [0.29, 0.717) is 0 Å².